The van der Waals surface area contributed by atoms with Crippen molar-refractivity contribution >= 4 is 11.7 Å². The largest absolute Gasteiger partial charge is 0.496 e. The Balaban J connectivity index is 1.43. The minimum atomic E-state index is 0.0411. The maximum atomic E-state index is 12.8. The molecule has 0 bridgehead atoms. The molecule has 0 spiro atoms. The van der Waals surface area contributed by atoms with Crippen molar-refractivity contribution in [1.29, 1.82) is 0 Å². The number of hydrogen-bond acceptors (Lipinski definition) is 6. The molecule has 1 aliphatic heterocycles. The third-order valence-electron chi connectivity index (χ3n) is 6.41. The number of carbonyl (C=O) groups excluding carboxylic acids is 1. The topological polar surface area (TPSA) is 84.6 Å². The lowest BCUT2D eigenvalue weighted by molar-refractivity contribution is -0.121. The Morgan fingerprint density at radius 2 is 1.97 bits per heavy atom. The second-order valence-electron chi connectivity index (χ2n) is 8.39. The van der Waals surface area contributed by atoms with Gasteiger partial charge in [0.05, 0.1) is 13.2 Å². The second-order valence-corrected chi connectivity index (χ2v) is 8.39. The van der Waals surface area contributed by atoms with Gasteiger partial charge < -0.3 is 10.1 Å². The number of rotatable bonds is 8. The molecule has 1 amide bonds. The van der Waals surface area contributed by atoms with E-state index in [1.54, 1.807) is 11.6 Å². The van der Waals surface area contributed by atoms with E-state index in [0.717, 1.165) is 41.4 Å². The van der Waals surface area contributed by atoms with Crippen LogP contribution in [0.3, 0.4) is 0 Å². The third-order valence-corrected chi connectivity index (χ3v) is 6.41. The number of carbonyl (C=O) groups is 1. The lowest BCUT2D eigenvalue weighted by Gasteiger charge is -2.35. The molecule has 0 aliphatic carbocycles. The van der Waals surface area contributed by atoms with Gasteiger partial charge in [-0.3, -0.25) is 9.69 Å². The summed E-state index contributed by atoms with van der Waals surface area (Å²) >= 11 is 0. The zero-order valence-electron chi connectivity index (χ0n) is 19.2. The zero-order valence-corrected chi connectivity index (χ0v) is 19.2. The summed E-state index contributed by atoms with van der Waals surface area (Å²) in [5.74, 6) is 1.50. The SMILES string of the molecule is COc1ccccc1C(CNC(=O)CCc1c(C)nc2ncnn2c1C)N1CCCCC1. The molecule has 3 heterocycles. The highest BCUT2D eigenvalue weighted by Gasteiger charge is 2.25. The number of fused-ring (bicyclic) bond motifs is 1. The number of nitrogens with zero attached hydrogens (tertiary/aromatic N) is 5. The minimum Gasteiger partial charge on any atom is -0.496 e. The van der Waals surface area contributed by atoms with Crippen LogP contribution in [0.1, 0.15) is 54.2 Å². The molecule has 170 valence electrons. The Hall–Kier alpha value is -3.00. The zero-order chi connectivity index (χ0) is 22.5. The van der Waals surface area contributed by atoms with E-state index in [9.17, 15) is 4.79 Å². The normalized spacial score (nSPS) is 15.6. The summed E-state index contributed by atoms with van der Waals surface area (Å²) in [7, 11) is 1.70. The van der Waals surface area contributed by atoms with Crippen LogP contribution < -0.4 is 10.1 Å². The maximum absolute atomic E-state index is 12.8. The Morgan fingerprint density at radius 3 is 2.75 bits per heavy atom. The lowest BCUT2D eigenvalue weighted by atomic mass is 10.0. The highest BCUT2D eigenvalue weighted by atomic mass is 16.5. The van der Waals surface area contributed by atoms with Crippen molar-refractivity contribution in [2.24, 2.45) is 0 Å². The van der Waals surface area contributed by atoms with Crippen molar-refractivity contribution in [2.45, 2.75) is 52.0 Å². The predicted molar refractivity (Wildman–Crippen MR) is 123 cm³/mol. The maximum Gasteiger partial charge on any atom is 0.252 e. The summed E-state index contributed by atoms with van der Waals surface area (Å²) in [6.07, 6.45) is 6.18. The van der Waals surface area contributed by atoms with Gasteiger partial charge in [0.15, 0.2) is 0 Å². The molecule has 2 aromatic heterocycles. The third kappa shape index (κ3) is 4.75. The number of para-hydroxylation sites is 1. The van der Waals surface area contributed by atoms with E-state index in [2.05, 4.69) is 31.3 Å². The minimum absolute atomic E-state index is 0.0411. The summed E-state index contributed by atoms with van der Waals surface area (Å²) < 4.78 is 7.35. The van der Waals surface area contributed by atoms with Gasteiger partial charge in [0.1, 0.15) is 12.1 Å². The molecule has 1 saturated heterocycles. The Bertz CT molecular complexity index is 1070. The summed E-state index contributed by atoms with van der Waals surface area (Å²) in [5, 5.41) is 7.41. The Morgan fingerprint density at radius 1 is 1.19 bits per heavy atom. The van der Waals surface area contributed by atoms with E-state index in [0.29, 0.717) is 25.2 Å². The quantitative estimate of drug-likeness (QED) is 0.584. The average Bonchev–Trinajstić information content (AvgIpc) is 3.28. The first-order chi connectivity index (χ1) is 15.6. The van der Waals surface area contributed by atoms with Crippen LogP contribution in [-0.4, -0.2) is 57.1 Å². The van der Waals surface area contributed by atoms with Crippen LogP contribution in [0.5, 0.6) is 5.75 Å². The van der Waals surface area contributed by atoms with E-state index in [4.69, 9.17) is 4.74 Å². The van der Waals surface area contributed by atoms with Crippen LogP contribution in [0.25, 0.3) is 5.78 Å². The number of aromatic nitrogens is 4. The van der Waals surface area contributed by atoms with E-state index >= 15 is 0 Å². The highest BCUT2D eigenvalue weighted by Crippen LogP contribution is 2.31. The Kier molecular flexibility index (Phi) is 6.99. The van der Waals surface area contributed by atoms with Crippen molar-refractivity contribution < 1.29 is 9.53 Å². The van der Waals surface area contributed by atoms with Gasteiger partial charge in [0, 0.05) is 29.9 Å². The molecule has 3 aromatic rings. The number of hydrogen-bond donors (Lipinski definition) is 1. The molecular weight excluding hydrogens is 404 g/mol. The molecule has 1 fully saturated rings. The van der Waals surface area contributed by atoms with E-state index in [1.165, 1.54) is 25.6 Å². The van der Waals surface area contributed by atoms with Gasteiger partial charge in [-0.2, -0.15) is 10.1 Å². The first kappa shape index (κ1) is 22.2. The fourth-order valence-corrected chi connectivity index (χ4v) is 4.66. The molecule has 0 radical (unpaired) electrons. The van der Waals surface area contributed by atoms with Crippen LogP contribution in [0.2, 0.25) is 0 Å². The van der Waals surface area contributed by atoms with Gasteiger partial charge in [-0.25, -0.2) is 9.50 Å². The van der Waals surface area contributed by atoms with E-state index < -0.39 is 0 Å². The molecule has 1 aromatic carbocycles. The Labute approximate surface area is 189 Å². The number of methoxy groups -OCH3 is 1. The van der Waals surface area contributed by atoms with Gasteiger partial charge in [-0.1, -0.05) is 24.6 Å². The van der Waals surface area contributed by atoms with Crippen molar-refractivity contribution in [1.82, 2.24) is 29.8 Å². The van der Waals surface area contributed by atoms with Crippen LogP contribution in [0.4, 0.5) is 0 Å². The molecule has 32 heavy (non-hydrogen) atoms. The lowest BCUT2D eigenvalue weighted by Crippen LogP contribution is -2.40. The first-order valence-corrected chi connectivity index (χ1v) is 11.4. The molecule has 1 unspecified atom stereocenters. The standard InChI is InChI=1S/C24H32N6O2/c1-17-19(18(2)30-24(28-17)26-16-27-30)11-12-23(31)25-15-21(29-13-7-4-8-14-29)20-9-5-6-10-22(20)32-3/h5-6,9-10,16,21H,4,7-8,11-15H2,1-3H3,(H,25,31). The van der Waals surface area contributed by atoms with E-state index in [-0.39, 0.29) is 11.9 Å². The van der Waals surface area contributed by atoms with Crippen LogP contribution in [0, 0.1) is 13.8 Å². The molecule has 8 heteroatoms. The smallest absolute Gasteiger partial charge is 0.252 e. The van der Waals surface area contributed by atoms with Crippen molar-refractivity contribution in [3.05, 3.63) is 53.1 Å². The van der Waals surface area contributed by atoms with Gasteiger partial charge in [0.25, 0.3) is 5.78 Å². The van der Waals surface area contributed by atoms with Crippen LogP contribution >= 0.6 is 0 Å². The average molecular weight is 437 g/mol. The van der Waals surface area contributed by atoms with E-state index in [1.807, 2.05) is 32.0 Å². The number of likely N-dealkylation sites (tertiary alicyclic amines) is 1. The van der Waals surface area contributed by atoms with Crippen molar-refractivity contribution in [2.75, 3.05) is 26.7 Å². The molecular formula is C24H32N6O2. The van der Waals surface area contributed by atoms with Crippen molar-refractivity contribution in [3.8, 4) is 5.75 Å². The van der Waals surface area contributed by atoms with Crippen LogP contribution in [-0.2, 0) is 11.2 Å². The van der Waals surface area contributed by atoms with Crippen molar-refractivity contribution in [3.63, 3.8) is 0 Å². The molecule has 1 aliphatic rings. The predicted octanol–water partition coefficient (Wildman–Crippen LogP) is 3.03. The van der Waals surface area contributed by atoms with Gasteiger partial charge in [-0.05, 0) is 57.8 Å². The number of nitrogens with one attached hydrogen (secondary N) is 1. The number of ether oxygens (including phenoxy) is 1. The molecule has 0 saturated carbocycles. The first-order valence-electron chi connectivity index (χ1n) is 11.4. The van der Waals surface area contributed by atoms with Crippen LogP contribution in [0.15, 0.2) is 30.6 Å². The summed E-state index contributed by atoms with van der Waals surface area (Å²) in [5.41, 5.74) is 4.06. The van der Waals surface area contributed by atoms with Gasteiger partial charge in [0.2, 0.25) is 5.91 Å². The molecule has 1 N–H and O–H groups in total. The highest BCUT2D eigenvalue weighted by molar-refractivity contribution is 5.76. The van der Waals surface area contributed by atoms with Gasteiger partial charge in [-0.15, -0.1) is 0 Å². The summed E-state index contributed by atoms with van der Waals surface area (Å²) in [4.78, 5) is 23.9. The monoisotopic (exact) mass is 436 g/mol. The second kappa shape index (κ2) is 10.1. The summed E-state index contributed by atoms with van der Waals surface area (Å²) in [6, 6.07) is 8.23. The van der Waals surface area contributed by atoms with Gasteiger partial charge >= 0.3 is 0 Å². The molecule has 8 nitrogen and oxygen atoms in total. The summed E-state index contributed by atoms with van der Waals surface area (Å²) in [6.45, 7) is 6.61. The number of piperidine rings is 1. The fourth-order valence-electron chi connectivity index (χ4n) is 4.66. The fraction of sp³-hybridized carbons (Fsp3) is 0.500. The number of amides is 1. The number of aryl methyl sites for hydroxylation is 2. The molecule has 4 rings (SSSR count). The molecule has 1 atom stereocenters. The number of benzene rings is 1.